The number of aromatic nitrogens is 1. The van der Waals surface area contributed by atoms with Crippen molar-refractivity contribution in [1.29, 1.82) is 0 Å². The summed E-state index contributed by atoms with van der Waals surface area (Å²) in [5.74, 6) is 0. The number of pyridine rings is 1. The lowest BCUT2D eigenvalue weighted by Gasteiger charge is -2.19. The minimum Gasteiger partial charge on any atom is -0.337 e. The first-order valence-electron chi connectivity index (χ1n) is 6.76. The van der Waals surface area contributed by atoms with Gasteiger partial charge in [-0.1, -0.05) is 39.0 Å². The van der Waals surface area contributed by atoms with Crippen molar-refractivity contribution in [3.05, 3.63) is 36.0 Å². The smallest absolute Gasteiger partial charge is 0.319 e. The summed E-state index contributed by atoms with van der Waals surface area (Å²) in [6, 6.07) is 9.54. The summed E-state index contributed by atoms with van der Waals surface area (Å²) < 4.78 is 0. The van der Waals surface area contributed by atoms with E-state index < -0.39 is 0 Å². The van der Waals surface area contributed by atoms with Crippen LogP contribution in [0.15, 0.2) is 30.3 Å². The average molecular weight is 271 g/mol. The molecule has 2 aromatic rings. The molecule has 0 fully saturated rings. The highest BCUT2D eigenvalue weighted by Gasteiger charge is 2.12. The number of aryl methyl sites for hydroxylation is 1. The summed E-state index contributed by atoms with van der Waals surface area (Å²) in [6.45, 7) is 8.80. The van der Waals surface area contributed by atoms with Gasteiger partial charge in [0.25, 0.3) is 0 Å². The molecular weight excluding hydrogens is 250 g/mol. The van der Waals surface area contributed by atoms with Crippen LogP contribution in [0.1, 0.15) is 26.5 Å². The standard InChI is InChI=1S/C16H21N3O/c1-11-8-9-12-6-5-7-13(14(12)18-11)19-15(20)17-10-16(2,3)4/h5-9H,10H2,1-4H3,(H2,17,19,20). The molecule has 1 aromatic heterocycles. The predicted molar refractivity (Wildman–Crippen MR) is 83.0 cm³/mol. The molecule has 2 N–H and O–H groups in total. The van der Waals surface area contributed by atoms with Gasteiger partial charge in [0.1, 0.15) is 0 Å². The number of benzene rings is 1. The molecule has 0 bridgehead atoms. The van der Waals surface area contributed by atoms with Crippen LogP contribution < -0.4 is 10.6 Å². The Kier molecular flexibility index (Phi) is 3.93. The molecule has 0 aliphatic heterocycles. The van der Waals surface area contributed by atoms with Crippen molar-refractivity contribution in [3.63, 3.8) is 0 Å². The Bertz CT molecular complexity index is 629. The molecule has 0 aliphatic carbocycles. The van der Waals surface area contributed by atoms with E-state index in [0.29, 0.717) is 6.54 Å². The van der Waals surface area contributed by atoms with Gasteiger partial charge in [-0.2, -0.15) is 0 Å². The average Bonchev–Trinajstić information content (AvgIpc) is 2.36. The SMILES string of the molecule is Cc1ccc2cccc(NC(=O)NCC(C)(C)C)c2n1. The number of nitrogens with zero attached hydrogens (tertiary/aromatic N) is 1. The van der Waals surface area contributed by atoms with Gasteiger partial charge in [0.2, 0.25) is 0 Å². The van der Waals surface area contributed by atoms with Gasteiger partial charge in [-0.3, -0.25) is 4.98 Å². The summed E-state index contributed by atoms with van der Waals surface area (Å²) in [5.41, 5.74) is 2.54. The number of hydrogen-bond donors (Lipinski definition) is 2. The van der Waals surface area contributed by atoms with E-state index >= 15 is 0 Å². The van der Waals surface area contributed by atoms with Gasteiger partial charge < -0.3 is 10.6 Å². The molecule has 0 atom stereocenters. The van der Waals surface area contributed by atoms with Crippen molar-refractivity contribution in [3.8, 4) is 0 Å². The Morgan fingerprint density at radius 3 is 2.65 bits per heavy atom. The van der Waals surface area contributed by atoms with Gasteiger partial charge in [0, 0.05) is 17.6 Å². The van der Waals surface area contributed by atoms with Gasteiger partial charge in [0.05, 0.1) is 11.2 Å². The fourth-order valence-electron chi connectivity index (χ4n) is 1.86. The molecule has 0 unspecified atom stereocenters. The first-order chi connectivity index (χ1) is 9.35. The van der Waals surface area contributed by atoms with Crippen molar-refractivity contribution in [2.24, 2.45) is 5.41 Å². The van der Waals surface area contributed by atoms with Crippen molar-refractivity contribution in [1.82, 2.24) is 10.3 Å². The molecule has 1 aromatic carbocycles. The van der Waals surface area contributed by atoms with Crippen molar-refractivity contribution < 1.29 is 4.79 Å². The molecule has 20 heavy (non-hydrogen) atoms. The van der Waals surface area contributed by atoms with Crippen molar-refractivity contribution in [2.45, 2.75) is 27.7 Å². The van der Waals surface area contributed by atoms with E-state index in [9.17, 15) is 4.79 Å². The lowest BCUT2D eigenvalue weighted by Crippen LogP contribution is -2.35. The number of rotatable bonds is 2. The van der Waals surface area contributed by atoms with Crippen molar-refractivity contribution >= 4 is 22.6 Å². The first-order valence-corrected chi connectivity index (χ1v) is 6.76. The summed E-state index contributed by atoms with van der Waals surface area (Å²) in [7, 11) is 0. The quantitative estimate of drug-likeness (QED) is 0.874. The van der Waals surface area contributed by atoms with Gasteiger partial charge in [0.15, 0.2) is 0 Å². The molecular formula is C16H21N3O. The number of fused-ring (bicyclic) bond motifs is 1. The third-order valence-electron chi connectivity index (χ3n) is 2.89. The Morgan fingerprint density at radius 2 is 1.95 bits per heavy atom. The maximum atomic E-state index is 11.9. The third kappa shape index (κ3) is 3.70. The number of para-hydroxylation sites is 1. The maximum Gasteiger partial charge on any atom is 0.319 e. The van der Waals surface area contributed by atoms with E-state index in [1.165, 1.54) is 0 Å². The molecule has 106 valence electrons. The zero-order chi connectivity index (χ0) is 14.8. The van der Waals surface area contributed by atoms with Crippen LogP contribution >= 0.6 is 0 Å². The largest absolute Gasteiger partial charge is 0.337 e. The molecule has 2 amide bonds. The number of carbonyl (C=O) groups is 1. The third-order valence-corrected chi connectivity index (χ3v) is 2.89. The van der Waals surface area contributed by atoms with Gasteiger partial charge in [-0.05, 0) is 24.5 Å². The second kappa shape index (κ2) is 5.49. The normalized spacial score (nSPS) is 11.4. The minimum atomic E-state index is -0.198. The molecule has 0 aliphatic rings. The Hall–Kier alpha value is -2.10. The number of hydrogen-bond acceptors (Lipinski definition) is 2. The monoisotopic (exact) mass is 271 g/mol. The molecule has 4 heteroatoms. The van der Waals surface area contributed by atoms with E-state index in [-0.39, 0.29) is 11.4 Å². The van der Waals surface area contributed by atoms with Gasteiger partial charge in [-0.15, -0.1) is 0 Å². The second-order valence-electron chi connectivity index (χ2n) is 6.20. The highest BCUT2D eigenvalue weighted by molar-refractivity contribution is 5.99. The predicted octanol–water partition coefficient (Wildman–Crippen LogP) is 3.71. The number of amides is 2. The second-order valence-corrected chi connectivity index (χ2v) is 6.20. The highest BCUT2D eigenvalue weighted by Crippen LogP contribution is 2.21. The molecule has 1 heterocycles. The van der Waals surface area contributed by atoms with Crippen LogP contribution in [0.4, 0.5) is 10.5 Å². The van der Waals surface area contributed by atoms with E-state index in [1.807, 2.05) is 37.3 Å². The van der Waals surface area contributed by atoms with Crippen molar-refractivity contribution in [2.75, 3.05) is 11.9 Å². The molecule has 0 spiro atoms. The molecule has 0 saturated heterocycles. The zero-order valence-electron chi connectivity index (χ0n) is 12.4. The topological polar surface area (TPSA) is 54.0 Å². The van der Waals surface area contributed by atoms with Crippen LogP contribution in [0, 0.1) is 12.3 Å². The fourth-order valence-corrected chi connectivity index (χ4v) is 1.86. The summed E-state index contributed by atoms with van der Waals surface area (Å²) in [5, 5.41) is 6.76. The number of urea groups is 1. The van der Waals surface area contributed by atoms with Gasteiger partial charge >= 0.3 is 6.03 Å². The fraction of sp³-hybridized carbons (Fsp3) is 0.375. The Morgan fingerprint density at radius 1 is 1.20 bits per heavy atom. The lowest BCUT2D eigenvalue weighted by atomic mass is 9.97. The molecule has 0 saturated carbocycles. The maximum absolute atomic E-state index is 11.9. The van der Waals surface area contributed by atoms with Crippen LogP contribution in [0.5, 0.6) is 0 Å². The van der Waals surface area contributed by atoms with E-state index in [0.717, 1.165) is 22.3 Å². The number of nitrogens with one attached hydrogen (secondary N) is 2. The lowest BCUT2D eigenvalue weighted by molar-refractivity contribution is 0.247. The van der Waals surface area contributed by atoms with Crippen LogP contribution in [0.3, 0.4) is 0 Å². The summed E-state index contributed by atoms with van der Waals surface area (Å²) in [4.78, 5) is 16.4. The van der Waals surface area contributed by atoms with E-state index in [4.69, 9.17) is 0 Å². The van der Waals surface area contributed by atoms with E-state index in [1.54, 1.807) is 0 Å². The molecule has 0 radical (unpaired) electrons. The highest BCUT2D eigenvalue weighted by atomic mass is 16.2. The Balaban J connectivity index is 2.17. The summed E-state index contributed by atoms with van der Waals surface area (Å²) >= 11 is 0. The first kappa shape index (κ1) is 14.3. The molecule has 4 nitrogen and oxygen atoms in total. The Labute approximate surface area is 119 Å². The summed E-state index contributed by atoms with van der Waals surface area (Å²) in [6.07, 6.45) is 0. The van der Waals surface area contributed by atoms with E-state index in [2.05, 4.69) is 36.4 Å². The zero-order valence-corrected chi connectivity index (χ0v) is 12.4. The van der Waals surface area contributed by atoms with Crippen LogP contribution in [-0.4, -0.2) is 17.6 Å². The number of carbonyl (C=O) groups excluding carboxylic acids is 1. The minimum absolute atomic E-state index is 0.0605. The number of anilines is 1. The van der Waals surface area contributed by atoms with Crippen LogP contribution in [0.25, 0.3) is 10.9 Å². The van der Waals surface area contributed by atoms with Crippen LogP contribution in [-0.2, 0) is 0 Å². The molecule has 2 rings (SSSR count). The van der Waals surface area contributed by atoms with Crippen LogP contribution in [0.2, 0.25) is 0 Å². The van der Waals surface area contributed by atoms with Gasteiger partial charge in [-0.25, -0.2) is 4.79 Å².